The van der Waals surface area contributed by atoms with Crippen LogP contribution in [-0.2, 0) is 0 Å². The van der Waals surface area contributed by atoms with E-state index in [1.54, 1.807) is 48.5 Å². The first-order chi connectivity index (χ1) is 16.4. The fourth-order valence-corrected chi connectivity index (χ4v) is 3.89. The van der Waals surface area contributed by atoms with Gasteiger partial charge in [-0.3, -0.25) is 4.79 Å². The molecule has 0 fully saturated rings. The second kappa shape index (κ2) is 9.31. The van der Waals surface area contributed by atoms with E-state index in [9.17, 15) is 9.59 Å². The summed E-state index contributed by atoms with van der Waals surface area (Å²) >= 11 is 0. The van der Waals surface area contributed by atoms with Crippen LogP contribution in [0.5, 0.6) is 23.0 Å². The number of ether oxygens (including phenoxy) is 4. The Morgan fingerprint density at radius 2 is 1.53 bits per heavy atom. The van der Waals surface area contributed by atoms with Crippen LogP contribution in [0.3, 0.4) is 0 Å². The summed E-state index contributed by atoms with van der Waals surface area (Å²) in [5.41, 5.74) is 2.26. The Morgan fingerprint density at radius 3 is 2.24 bits per heavy atom. The van der Waals surface area contributed by atoms with Gasteiger partial charge in [-0.05, 0) is 61.4 Å². The molecule has 4 aromatic rings. The monoisotopic (exact) mass is 460 g/mol. The average Bonchev–Trinajstić information content (AvgIpc) is 2.84. The molecule has 0 saturated heterocycles. The molecule has 0 radical (unpaired) electrons. The normalized spacial score (nSPS) is 10.7. The van der Waals surface area contributed by atoms with Crippen LogP contribution in [0, 0.1) is 13.8 Å². The third kappa shape index (κ3) is 4.08. The maximum absolute atomic E-state index is 13.6. The lowest BCUT2D eigenvalue weighted by atomic mass is 10.0. The molecule has 0 spiro atoms. The predicted molar refractivity (Wildman–Crippen MR) is 128 cm³/mol. The van der Waals surface area contributed by atoms with E-state index in [-0.39, 0.29) is 17.1 Å². The molecule has 0 saturated carbocycles. The summed E-state index contributed by atoms with van der Waals surface area (Å²) in [5, 5.41) is 0.345. The molecule has 0 unspecified atom stereocenters. The summed E-state index contributed by atoms with van der Waals surface area (Å²) in [6, 6.07) is 15.3. The fraction of sp³-hybridized carbons (Fsp3) is 0.185. The van der Waals surface area contributed by atoms with E-state index in [0.29, 0.717) is 33.8 Å². The van der Waals surface area contributed by atoms with Crippen LogP contribution in [0.2, 0.25) is 0 Å². The van der Waals surface area contributed by atoms with Crippen LogP contribution in [0.25, 0.3) is 22.3 Å². The van der Waals surface area contributed by atoms with Gasteiger partial charge in [0.2, 0.25) is 11.2 Å². The second-order valence-electron chi connectivity index (χ2n) is 7.70. The number of benzene rings is 3. The SMILES string of the molecule is COc1ccc(-c2oc3cc(C)cc(C)c3c(=O)c2OC(=O)c2ccccc2OC)cc1OC. The highest BCUT2D eigenvalue weighted by molar-refractivity contribution is 5.95. The van der Waals surface area contributed by atoms with Gasteiger partial charge in [-0.15, -0.1) is 0 Å². The van der Waals surface area contributed by atoms with Crippen LogP contribution >= 0.6 is 0 Å². The van der Waals surface area contributed by atoms with Gasteiger partial charge in [0.25, 0.3) is 0 Å². The first-order valence-corrected chi connectivity index (χ1v) is 10.5. The highest BCUT2D eigenvalue weighted by Gasteiger charge is 2.24. The van der Waals surface area contributed by atoms with Crippen molar-refractivity contribution in [2.24, 2.45) is 0 Å². The largest absolute Gasteiger partial charge is 0.496 e. The number of rotatable bonds is 6. The van der Waals surface area contributed by atoms with E-state index >= 15 is 0 Å². The van der Waals surface area contributed by atoms with Gasteiger partial charge in [-0.2, -0.15) is 0 Å². The zero-order valence-electron chi connectivity index (χ0n) is 19.6. The first kappa shape index (κ1) is 22.9. The number of esters is 1. The lowest BCUT2D eigenvalue weighted by Gasteiger charge is -2.14. The summed E-state index contributed by atoms with van der Waals surface area (Å²) in [4.78, 5) is 26.7. The molecule has 174 valence electrons. The van der Waals surface area contributed by atoms with Gasteiger partial charge in [0.05, 0.1) is 26.7 Å². The molecule has 34 heavy (non-hydrogen) atoms. The van der Waals surface area contributed by atoms with E-state index in [1.165, 1.54) is 21.3 Å². The zero-order chi connectivity index (χ0) is 24.4. The van der Waals surface area contributed by atoms with E-state index in [1.807, 2.05) is 19.9 Å². The van der Waals surface area contributed by atoms with Crippen molar-refractivity contribution in [3.8, 4) is 34.3 Å². The molecule has 1 aromatic heterocycles. The van der Waals surface area contributed by atoms with E-state index < -0.39 is 11.4 Å². The number of para-hydroxylation sites is 1. The Labute approximate surface area is 196 Å². The van der Waals surface area contributed by atoms with Gasteiger partial charge >= 0.3 is 5.97 Å². The van der Waals surface area contributed by atoms with Gasteiger partial charge in [0, 0.05) is 5.56 Å². The van der Waals surface area contributed by atoms with Crippen molar-refractivity contribution in [1.82, 2.24) is 0 Å². The quantitative estimate of drug-likeness (QED) is 0.360. The summed E-state index contributed by atoms with van der Waals surface area (Å²) in [7, 11) is 4.49. The van der Waals surface area contributed by atoms with E-state index in [2.05, 4.69) is 0 Å². The molecule has 1 heterocycles. The maximum Gasteiger partial charge on any atom is 0.347 e. The minimum absolute atomic E-state index is 0.103. The average molecular weight is 460 g/mol. The van der Waals surface area contributed by atoms with Crippen molar-refractivity contribution < 1.29 is 28.2 Å². The third-order valence-corrected chi connectivity index (χ3v) is 5.46. The van der Waals surface area contributed by atoms with Gasteiger partial charge in [0.15, 0.2) is 17.3 Å². The van der Waals surface area contributed by atoms with Crippen molar-refractivity contribution in [2.75, 3.05) is 21.3 Å². The van der Waals surface area contributed by atoms with Crippen molar-refractivity contribution >= 4 is 16.9 Å². The minimum atomic E-state index is -0.740. The number of hydrogen-bond donors (Lipinski definition) is 0. The molecule has 7 heteroatoms. The molecule has 7 nitrogen and oxygen atoms in total. The first-order valence-electron chi connectivity index (χ1n) is 10.5. The molecule has 0 N–H and O–H groups in total. The van der Waals surface area contributed by atoms with E-state index in [0.717, 1.165) is 11.1 Å². The Balaban J connectivity index is 1.96. The second-order valence-corrected chi connectivity index (χ2v) is 7.70. The number of carbonyl (C=O) groups excluding carboxylic acids is 1. The lowest BCUT2D eigenvalue weighted by Crippen LogP contribution is -2.17. The highest BCUT2D eigenvalue weighted by Crippen LogP contribution is 2.37. The van der Waals surface area contributed by atoms with Crippen LogP contribution in [-0.4, -0.2) is 27.3 Å². The van der Waals surface area contributed by atoms with Crippen molar-refractivity contribution in [3.05, 3.63) is 81.5 Å². The molecule has 0 amide bonds. The number of carbonyl (C=O) groups is 1. The number of aryl methyl sites for hydroxylation is 2. The van der Waals surface area contributed by atoms with Gasteiger partial charge in [0.1, 0.15) is 16.9 Å². The van der Waals surface area contributed by atoms with Crippen molar-refractivity contribution in [2.45, 2.75) is 13.8 Å². The molecule has 0 aliphatic rings. The lowest BCUT2D eigenvalue weighted by molar-refractivity contribution is 0.0728. The minimum Gasteiger partial charge on any atom is -0.496 e. The Hall–Kier alpha value is -4.26. The number of methoxy groups -OCH3 is 3. The summed E-state index contributed by atoms with van der Waals surface area (Å²) in [6.07, 6.45) is 0. The van der Waals surface area contributed by atoms with Gasteiger partial charge in [-0.25, -0.2) is 4.79 Å². The van der Waals surface area contributed by atoms with Crippen molar-refractivity contribution in [1.29, 1.82) is 0 Å². The molecule has 0 aliphatic carbocycles. The summed E-state index contributed by atoms with van der Waals surface area (Å²) in [5.74, 6) is 0.417. The van der Waals surface area contributed by atoms with Crippen LogP contribution in [0.4, 0.5) is 0 Å². The zero-order valence-corrected chi connectivity index (χ0v) is 19.6. The molecule has 4 rings (SSSR count). The molecule has 0 aliphatic heterocycles. The van der Waals surface area contributed by atoms with Gasteiger partial charge in [-0.1, -0.05) is 18.2 Å². The van der Waals surface area contributed by atoms with Crippen LogP contribution < -0.4 is 24.4 Å². The van der Waals surface area contributed by atoms with Crippen LogP contribution in [0.1, 0.15) is 21.5 Å². The summed E-state index contributed by atoms with van der Waals surface area (Å²) in [6.45, 7) is 3.73. The van der Waals surface area contributed by atoms with E-state index in [4.69, 9.17) is 23.4 Å². The van der Waals surface area contributed by atoms with Crippen LogP contribution in [0.15, 0.2) is 63.8 Å². The molecule has 3 aromatic carbocycles. The molecular formula is C27H24O7. The smallest absolute Gasteiger partial charge is 0.347 e. The topological polar surface area (TPSA) is 84.2 Å². The Kier molecular flexibility index (Phi) is 6.27. The number of hydrogen-bond acceptors (Lipinski definition) is 7. The highest BCUT2D eigenvalue weighted by atomic mass is 16.5. The molecule has 0 atom stereocenters. The van der Waals surface area contributed by atoms with Gasteiger partial charge < -0.3 is 23.4 Å². The molecule has 0 bridgehead atoms. The predicted octanol–water partition coefficient (Wildman–Crippen LogP) is 5.32. The maximum atomic E-state index is 13.6. The third-order valence-electron chi connectivity index (χ3n) is 5.46. The summed E-state index contributed by atoms with van der Waals surface area (Å²) < 4.78 is 27.9. The molecular weight excluding hydrogens is 436 g/mol. The van der Waals surface area contributed by atoms with Crippen molar-refractivity contribution in [3.63, 3.8) is 0 Å². The Morgan fingerprint density at radius 1 is 0.824 bits per heavy atom. The fourth-order valence-electron chi connectivity index (χ4n) is 3.89. The Bertz CT molecular complexity index is 1450. The number of fused-ring (bicyclic) bond motifs is 1. The standard InChI is InChI=1S/C27H24O7/c1-15-12-16(2)23-22(13-15)33-25(17-10-11-20(31-4)21(14-17)32-5)26(24(23)28)34-27(29)18-8-6-7-9-19(18)30-3/h6-14H,1-5H3.